The lowest BCUT2D eigenvalue weighted by Gasteiger charge is -2.07. The Kier molecular flexibility index (Phi) is 3.60. The largest absolute Gasteiger partial charge is 0.368 e. The number of aromatic nitrogens is 3. The summed E-state index contributed by atoms with van der Waals surface area (Å²) in [7, 11) is 0. The van der Waals surface area contributed by atoms with Gasteiger partial charge in [-0.15, -0.1) is 5.10 Å². The van der Waals surface area contributed by atoms with Crippen molar-refractivity contribution in [1.29, 1.82) is 0 Å². The summed E-state index contributed by atoms with van der Waals surface area (Å²) < 4.78 is 0. The first-order valence-corrected chi connectivity index (χ1v) is 4.94. The van der Waals surface area contributed by atoms with Gasteiger partial charge in [-0.1, -0.05) is 13.8 Å². The SMILES string of the molecule is CC(NC(=O)c1n[nH]c(C(C)C)n1)C(N)=O. The van der Waals surface area contributed by atoms with Gasteiger partial charge in [-0.05, 0) is 6.92 Å². The summed E-state index contributed by atoms with van der Waals surface area (Å²) in [6.07, 6.45) is 0. The highest BCUT2D eigenvalue weighted by Gasteiger charge is 2.18. The lowest BCUT2D eigenvalue weighted by atomic mass is 10.2. The molecule has 0 fully saturated rings. The second-order valence-electron chi connectivity index (χ2n) is 3.80. The van der Waals surface area contributed by atoms with Crippen molar-refractivity contribution >= 4 is 11.8 Å². The molecule has 1 rings (SSSR count). The molecule has 1 aromatic heterocycles. The fourth-order valence-electron chi connectivity index (χ4n) is 0.966. The predicted octanol–water partition coefficient (Wildman–Crippen LogP) is -0.468. The molecule has 1 heterocycles. The average Bonchev–Trinajstić information content (AvgIpc) is 2.65. The van der Waals surface area contributed by atoms with E-state index in [4.69, 9.17) is 5.73 Å². The number of nitrogens with one attached hydrogen (secondary N) is 2. The zero-order chi connectivity index (χ0) is 12.3. The molecule has 0 aliphatic carbocycles. The Morgan fingerprint density at radius 3 is 2.44 bits per heavy atom. The Balaban J connectivity index is 2.70. The fraction of sp³-hybridized carbons (Fsp3) is 0.556. The monoisotopic (exact) mass is 225 g/mol. The van der Waals surface area contributed by atoms with Crippen LogP contribution in [0.1, 0.15) is 43.1 Å². The summed E-state index contributed by atoms with van der Waals surface area (Å²) in [5.74, 6) is -0.335. The topological polar surface area (TPSA) is 114 Å². The van der Waals surface area contributed by atoms with Crippen LogP contribution < -0.4 is 11.1 Å². The normalized spacial score (nSPS) is 12.5. The van der Waals surface area contributed by atoms with Gasteiger partial charge >= 0.3 is 0 Å². The number of aromatic amines is 1. The molecule has 7 heteroatoms. The fourth-order valence-corrected chi connectivity index (χ4v) is 0.966. The molecule has 0 spiro atoms. The number of carbonyl (C=O) groups is 2. The summed E-state index contributed by atoms with van der Waals surface area (Å²) in [6.45, 7) is 5.35. The number of nitrogens with two attached hydrogens (primary N) is 1. The molecule has 2 amide bonds. The van der Waals surface area contributed by atoms with Gasteiger partial charge in [-0.2, -0.15) is 0 Å². The molecule has 88 valence electrons. The van der Waals surface area contributed by atoms with Crippen LogP contribution in [0.3, 0.4) is 0 Å². The maximum absolute atomic E-state index is 11.5. The van der Waals surface area contributed by atoms with Crippen LogP contribution in [-0.2, 0) is 4.79 Å². The lowest BCUT2D eigenvalue weighted by molar-refractivity contribution is -0.119. The van der Waals surface area contributed by atoms with Crippen LogP contribution in [0.15, 0.2) is 0 Å². The van der Waals surface area contributed by atoms with E-state index in [2.05, 4.69) is 20.5 Å². The van der Waals surface area contributed by atoms with E-state index in [1.807, 2.05) is 13.8 Å². The van der Waals surface area contributed by atoms with Gasteiger partial charge in [0.05, 0.1) is 0 Å². The number of hydrogen-bond acceptors (Lipinski definition) is 4. The van der Waals surface area contributed by atoms with Crippen LogP contribution in [0.25, 0.3) is 0 Å². The van der Waals surface area contributed by atoms with Crippen molar-refractivity contribution in [2.45, 2.75) is 32.7 Å². The molecule has 1 unspecified atom stereocenters. The number of nitrogens with zero attached hydrogens (tertiary/aromatic N) is 2. The van der Waals surface area contributed by atoms with E-state index in [9.17, 15) is 9.59 Å². The summed E-state index contributed by atoms with van der Waals surface area (Å²) in [5.41, 5.74) is 5.01. The molecule has 0 aliphatic heterocycles. The van der Waals surface area contributed by atoms with E-state index in [0.29, 0.717) is 5.82 Å². The van der Waals surface area contributed by atoms with E-state index in [1.54, 1.807) is 0 Å². The minimum absolute atomic E-state index is 0.0109. The quantitative estimate of drug-likeness (QED) is 0.642. The molecule has 1 atom stereocenters. The summed E-state index contributed by atoms with van der Waals surface area (Å²) >= 11 is 0. The van der Waals surface area contributed by atoms with Gasteiger partial charge in [0.1, 0.15) is 11.9 Å². The van der Waals surface area contributed by atoms with Crippen molar-refractivity contribution < 1.29 is 9.59 Å². The predicted molar refractivity (Wildman–Crippen MR) is 56.6 cm³/mol. The highest BCUT2D eigenvalue weighted by atomic mass is 16.2. The Hall–Kier alpha value is -1.92. The Morgan fingerprint density at radius 1 is 1.38 bits per heavy atom. The standard InChI is InChI=1S/C9H15N5O2/c1-4(2)7-12-8(14-13-7)9(16)11-5(3)6(10)15/h4-5H,1-3H3,(H2,10,15)(H,11,16)(H,12,13,14). The minimum Gasteiger partial charge on any atom is -0.368 e. The van der Waals surface area contributed by atoms with Crippen molar-refractivity contribution in [3.8, 4) is 0 Å². The third kappa shape index (κ3) is 2.78. The van der Waals surface area contributed by atoms with Crippen LogP contribution in [0.2, 0.25) is 0 Å². The maximum Gasteiger partial charge on any atom is 0.291 e. The highest BCUT2D eigenvalue weighted by Crippen LogP contribution is 2.07. The van der Waals surface area contributed by atoms with Crippen molar-refractivity contribution in [1.82, 2.24) is 20.5 Å². The van der Waals surface area contributed by atoms with Crippen LogP contribution >= 0.6 is 0 Å². The number of primary amides is 1. The molecule has 1 aromatic rings. The zero-order valence-corrected chi connectivity index (χ0v) is 9.44. The van der Waals surface area contributed by atoms with Gasteiger partial charge in [-0.25, -0.2) is 4.98 Å². The van der Waals surface area contributed by atoms with E-state index in [-0.39, 0.29) is 11.7 Å². The lowest BCUT2D eigenvalue weighted by Crippen LogP contribution is -2.42. The number of hydrogen-bond donors (Lipinski definition) is 3. The van der Waals surface area contributed by atoms with Gasteiger partial charge in [-0.3, -0.25) is 14.7 Å². The second-order valence-corrected chi connectivity index (χ2v) is 3.80. The maximum atomic E-state index is 11.5. The third-order valence-electron chi connectivity index (χ3n) is 2.03. The van der Waals surface area contributed by atoms with E-state index in [1.165, 1.54) is 6.92 Å². The van der Waals surface area contributed by atoms with Crippen molar-refractivity contribution in [3.05, 3.63) is 11.6 Å². The third-order valence-corrected chi connectivity index (χ3v) is 2.03. The van der Waals surface area contributed by atoms with Crippen molar-refractivity contribution in [2.75, 3.05) is 0 Å². The molecular formula is C9H15N5O2. The van der Waals surface area contributed by atoms with Gasteiger partial charge < -0.3 is 11.1 Å². The molecule has 0 bridgehead atoms. The minimum atomic E-state index is -0.742. The summed E-state index contributed by atoms with van der Waals surface area (Å²) in [6, 6.07) is -0.742. The van der Waals surface area contributed by atoms with E-state index in [0.717, 1.165) is 0 Å². The molecule has 0 saturated heterocycles. The van der Waals surface area contributed by atoms with Gasteiger partial charge in [0.2, 0.25) is 11.7 Å². The molecule has 0 aromatic carbocycles. The number of rotatable bonds is 4. The second kappa shape index (κ2) is 4.73. The Labute approximate surface area is 92.8 Å². The number of carbonyl (C=O) groups excluding carboxylic acids is 2. The van der Waals surface area contributed by atoms with Gasteiger partial charge in [0.15, 0.2) is 0 Å². The highest BCUT2D eigenvalue weighted by molar-refractivity contribution is 5.94. The molecule has 0 saturated carbocycles. The summed E-state index contributed by atoms with van der Waals surface area (Å²) in [4.78, 5) is 26.3. The smallest absolute Gasteiger partial charge is 0.291 e. The summed E-state index contributed by atoms with van der Waals surface area (Å²) in [5, 5.41) is 8.79. The average molecular weight is 225 g/mol. The van der Waals surface area contributed by atoms with Crippen molar-refractivity contribution in [3.63, 3.8) is 0 Å². The number of amides is 2. The van der Waals surface area contributed by atoms with Gasteiger partial charge in [0.25, 0.3) is 5.91 Å². The first-order chi connectivity index (χ1) is 7.41. The van der Waals surface area contributed by atoms with Crippen LogP contribution in [0.4, 0.5) is 0 Å². The molecular weight excluding hydrogens is 210 g/mol. The van der Waals surface area contributed by atoms with Crippen LogP contribution in [-0.4, -0.2) is 33.0 Å². The molecule has 4 N–H and O–H groups in total. The zero-order valence-electron chi connectivity index (χ0n) is 9.44. The molecule has 16 heavy (non-hydrogen) atoms. The van der Waals surface area contributed by atoms with E-state index >= 15 is 0 Å². The first kappa shape index (κ1) is 12.2. The number of H-pyrrole nitrogens is 1. The molecule has 0 radical (unpaired) electrons. The molecule has 7 nitrogen and oxygen atoms in total. The van der Waals surface area contributed by atoms with Gasteiger partial charge in [0, 0.05) is 5.92 Å². The Morgan fingerprint density at radius 2 is 2.00 bits per heavy atom. The first-order valence-electron chi connectivity index (χ1n) is 4.94. The Bertz CT molecular complexity index is 398. The molecule has 0 aliphatic rings. The van der Waals surface area contributed by atoms with Crippen molar-refractivity contribution in [2.24, 2.45) is 5.73 Å². The van der Waals surface area contributed by atoms with E-state index < -0.39 is 17.9 Å². The van der Waals surface area contributed by atoms with Crippen LogP contribution in [0.5, 0.6) is 0 Å². The van der Waals surface area contributed by atoms with Crippen LogP contribution in [0, 0.1) is 0 Å².